The Morgan fingerprint density at radius 2 is 1.80 bits per heavy atom. The molecule has 2 aromatic carbocycles. The maximum absolute atomic E-state index is 13.7. The molecule has 1 aliphatic heterocycles. The molecule has 2 aromatic rings. The van der Waals surface area contributed by atoms with Gasteiger partial charge in [-0.1, -0.05) is 44.2 Å². The minimum atomic E-state index is -0.627. The summed E-state index contributed by atoms with van der Waals surface area (Å²) in [6, 6.07) is 9.78. The van der Waals surface area contributed by atoms with Gasteiger partial charge >= 0.3 is 0 Å². The lowest BCUT2D eigenvalue weighted by molar-refractivity contribution is -0.119. The molecular weight excluding hydrogens is 466 g/mol. The normalized spacial score (nSPS) is 19.9. The average Bonchev–Trinajstić information content (AvgIpc) is 2.82. The molecule has 4 nitrogen and oxygen atoms in total. The second-order valence-electron chi connectivity index (χ2n) is 10.0. The molecule has 2 N–H and O–H groups in total. The van der Waals surface area contributed by atoms with Crippen molar-refractivity contribution in [3.8, 4) is 5.75 Å². The first-order valence-corrected chi connectivity index (χ1v) is 13.3. The van der Waals surface area contributed by atoms with Gasteiger partial charge < -0.3 is 15.4 Å². The predicted molar refractivity (Wildman–Crippen MR) is 138 cm³/mol. The van der Waals surface area contributed by atoms with Crippen LogP contribution >= 0.6 is 12.6 Å². The molecular formula is C28H36F2N2O2S. The molecule has 0 bridgehead atoms. The smallest absolute Gasteiger partial charge is 0.217 e. The number of nitrogens with one attached hydrogen (secondary N) is 2. The third-order valence-corrected chi connectivity index (χ3v) is 7.71. The van der Waals surface area contributed by atoms with Gasteiger partial charge in [-0.2, -0.15) is 12.6 Å². The second kappa shape index (κ2) is 12.2. The highest BCUT2D eigenvalue weighted by atomic mass is 32.1. The lowest BCUT2D eigenvalue weighted by atomic mass is 9.84. The molecule has 1 heterocycles. The summed E-state index contributed by atoms with van der Waals surface area (Å²) in [6.45, 7) is 2.61. The lowest BCUT2D eigenvalue weighted by Gasteiger charge is -2.31. The van der Waals surface area contributed by atoms with Gasteiger partial charge in [0.1, 0.15) is 17.4 Å². The number of rotatable bonds is 9. The summed E-state index contributed by atoms with van der Waals surface area (Å²) in [6.07, 6.45) is 8.92. The van der Waals surface area contributed by atoms with E-state index in [4.69, 9.17) is 17.4 Å². The first-order chi connectivity index (χ1) is 16.9. The standard InChI is InChI=1S/C28H36F2N2O2S/c1-18(33)32-26(15-21-12-22(29)16-23(30)13-21)28(35)17-31-25-9-10-34-27-8-7-20(14-24(25)27)11-19-5-3-2-4-6-19/h7-8,12-14,16,19,25-26,28,31,35H,2-6,9-11,15,17H2,1H3,(H,32,33). The van der Waals surface area contributed by atoms with E-state index in [0.29, 0.717) is 25.1 Å². The van der Waals surface area contributed by atoms with Crippen molar-refractivity contribution in [2.24, 2.45) is 5.92 Å². The quantitative estimate of drug-likeness (QED) is 0.394. The molecule has 190 valence electrons. The summed E-state index contributed by atoms with van der Waals surface area (Å²) in [5, 5.41) is 6.27. The minimum absolute atomic E-state index is 0.129. The zero-order valence-electron chi connectivity index (χ0n) is 20.4. The van der Waals surface area contributed by atoms with Crippen LogP contribution in [0.3, 0.4) is 0 Å². The van der Waals surface area contributed by atoms with Gasteiger partial charge in [0.25, 0.3) is 0 Å². The summed E-state index contributed by atoms with van der Waals surface area (Å²) < 4.78 is 33.3. The van der Waals surface area contributed by atoms with E-state index in [0.717, 1.165) is 30.6 Å². The van der Waals surface area contributed by atoms with Crippen LogP contribution in [0, 0.1) is 17.6 Å². The van der Waals surface area contributed by atoms with E-state index >= 15 is 0 Å². The van der Waals surface area contributed by atoms with Crippen LogP contribution in [-0.4, -0.2) is 30.4 Å². The number of halogens is 2. The van der Waals surface area contributed by atoms with E-state index in [1.807, 2.05) is 0 Å². The molecule has 1 amide bonds. The third kappa shape index (κ3) is 7.43. The van der Waals surface area contributed by atoms with Crippen LogP contribution < -0.4 is 15.4 Å². The largest absolute Gasteiger partial charge is 0.493 e. The predicted octanol–water partition coefficient (Wildman–Crippen LogP) is 5.55. The van der Waals surface area contributed by atoms with E-state index in [2.05, 4.69) is 28.8 Å². The van der Waals surface area contributed by atoms with Crippen LogP contribution in [0.1, 0.15) is 68.2 Å². The van der Waals surface area contributed by atoms with Crippen LogP contribution in [-0.2, 0) is 17.6 Å². The lowest BCUT2D eigenvalue weighted by Crippen LogP contribution is -2.46. The van der Waals surface area contributed by atoms with Crippen LogP contribution in [0.4, 0.5) is 8.78 Å². The van der Waals surface area contributed by atoms with Crippen molar-refractivity contribution in [2.45, 2.75) is 75.6 Å². The van der Waals surface area contributed by atoms with Crippen molar-refractivity contribution in [3.63, 3.8) is 0 Å². The summed E-state index contributed by atoms with van der Waals surface area (Å²) in [4.78, 5) is 11.8. The van der Waals surface area contributed by atoms with E-state index in [1.54, 1.807) is 0 Å². The van der Waals surface area contributed by atoms with Gasteiger partial charge in [-0.15, -0.1) is 0 Å². The van der Waals surface area contributed by atoms with Crippen molar-refractivity contribution in [1.29, 1.82) is 0 Å². The molecule has 2 aliphatic rings. The number of fused-ring (bicyclic) bond motifs is 1. The second-order valence-corrected chi connectivity index (χ2v) is 10.7. The first-order valence-electron chi connectivity index (χ1n) is 12.8. The van der Waals surface area contributed by atoms with Crippen molar-refractivity contribution in [3.05, 3.63) is 64.7 Å². The number of hydrogen-bond donors (Lipinski definition) is 3. The molecule has 0 spiro atoms. The van der Waals surface area contributed by atoms with E-state index in [-0.39, 0.29) is 23.2 Å². The fourth-order valence-corrected chi connectivity index (χ4v) is 5.73. The Bertz CT molecular complexity index is 992. The highest BCUT2D eigenvalue weighted by molar-refractivity contribution is 7.81. The van der Waals surface area contributed by atoms with Gasteiger partial charge in [0.15, 0.2) is 0 Å². The van der Waals surface area contributed by atoms with Crippen LogP contribution in [0.5, 0.6) is 5.75 Å². The number of carbonyl (C=O) groups is 1. The van der Waals surface area contributed by atoms with E-state index in [9.17, 15) is 13.6 Å². The maximum Gasteiger partial charge on any atom is 0.217 e. The fraction of sp³-hybridized carbons (Fsp3) is 0.536. The number of amides is 1. The van der Waals surface area contributed by atoms with Crippen molar-refractivity contribution < 1.29 is 18.3 Å². The Labute approximate surface area is 212 Å². The molecule has 1 saturated carbocycles. The zero-order valence-corrected chi connectivity index (χ0v) is 21.3. The third-order valence-electron chi connectivity index (χ3n) is 7.17. The molecule has 0 saturated heterocycles. The highest BCUT2D eigenvalue weighted by Gasteiger charge is 2.26. The Hall–Kier alpha value is -2.12. The van der Waals surface area contributed by atoms with E-state index in [1.165, 1.54) is 62.3 Å². The Balaban J connectivity index is 1.41. The summed E-state index contributed by atoms with van der Waals surface area (Å²) in [5.74, 6) is 0.238. The highest BCUT2D eigenvalue weighted by Crippen LogP contribution is 2.35. The van der Waals surface area contributed by atoms with Gasteiger partial charge in [0.2, 0.25) is 5.91 Å². The Kier molecular flexibility index (Phi) is 9.06. The SMILES string of the molecule is CC(=O)NC(Cc1cc(F)cc(F)c1)C(S)CNC1CCOc2ccc(CC3CCCCC3)cc21. The maximum atomic E-state index is 13.7. The zero-order chi connectivity index (χ0) is 24.8. The van der Waals surface area contributed by atoms with Gasteiger partial charge in [-0.25, -0.2) is 8.78 Å². The molecule has 3 atom stereocenters. The minimum Gasteiger partial charge on any atom is -0.493 e. The van der Waals surface area contributed by atoms with Crippen molar-refractivity contribution >= 4 is 18.5 Å². The number of carbonyl (C=O) groups excluding carboxylic acids is 1. The monoisotopic (exact) mass is 502 g/mol. The van der Waals surface area contributed by atoms with Crippen molar-refractivity contribution in [1.82, 2.24) is 10.6 Å². The average molecular weight is 503 g/mol. The molecule has 0 radical (unpaired) electrons. The van der Waals surface area contributed by atoms with Gasteiger partial charge in [-0.3, -0.25) is 4.79 Å². The number of thiol groups is 1. The molecule has 0 aromatic heterocycles. The van der Waals surface area contributed by atoms with Gasteiger partial charge in [0, 0.05) is 48.9 Å². The van der Waals surface area contributed by atoms with Gasteiger partial charge in [-0.05, 0) is 48.1 Å². The molecule has 1 fully saturated rings. The molecule has 3 unspecified atom stereocenters. The van der Waals surface area contributed by atoms with Crippen LogP contribution in [0.2, 0.25) is 0 Å². The molecule has 7 heteroatoms. The number of hydrogen-bond acceptors (Lipinski definition) is 4. The van der Waals surface area contributed by atoms with Crippen LogP contribution in [0.15, 0.2) is 36.4 Å². The Morgan fingerprint density at radius 1 is 1.06 bits per heavy atom. The first kappa shape index (κ1) is 26.0. The topological polar surface area (TPSA) is 50.4 Å². The number of benzene rings is 2. The van der Waals surface area contributed by atoms with E-state index < -0.39 is 11.6 Å². The fourth-order valence-electron chi connectivity index (χ4n) is 5.44. The summed E-state index contributed by atoms with van der Waals surface area (Å²) in [7, 11) is 0. The Morgan fingerprint density at radius 3 is 2.51 bits per heavy atom. The summed E-state index contributed by atoms with van der Waals surface area (Å²) in [5.41, 5.74) is 3.03. The molecule has 35 heavy (non-hydrogen) atoms. The number of ether oxygens (including phenoxy) is 1. The van der Waals surface area contributed by atoms with Gasteiger partial charge in [0.05, 0.1) is 6.61 Å². The molecule has 4 rings (SSSR count). The van der Waals surface area contributed by atoms with Crippen LogP contribution in [0.25, 0.3) is 0 Å². The summed E-state index contributed by atoms with van der Waals surface area (Å²) >= 11 is 4.76. The van der Waals surface area contributed by atoms with Crippen molar-refractivity contribution in [2.75, 3.05) is 13.2 Å². The molecule has 1 aliphatic carbocycles.